The van der Waals surface area contributed by atoms with E-state index >= 15 is 0 Å². The van der Waals surface area contributed by atoms with Gasteiger partial charge in [-0.25, -0.2) is 0 Å². The van der Waals surface area contributed by atoms with Gasteiger partial charge >= 0.3 is 0 Å². The van der Waals surface area contributed by atoms with Crippen molar-refractivity contribution < 1.29 is 4.79 Å². The number of hydrogen-bond donors (Lipinski definition) is 1. The SMILES string of the molecule is Cc1cc(C(=O)NCC(C)CCCl)c2ccccc2n1. The topological polar surface area (TPSA) is 42.0 Å². The van der Waals surface area contributed by atoms with Gasteiger partial charge in [-0.3, -0.25) is 9.78 Å². The third kappa shape index (κ3) is 3.48. The highest BCUT2D eigenvalue weighted by Gasteiger charge is 2.12. The first-order valence-corrected chi connectivity index (χ1v) is 7.36. The Bertz CT molecular complexity index is 612. The van der Waals surface area contributed by atoms with Gasteiger partial charge in [0.1, 0.15) is 0 Å². The third-order valence-corrected chi connectivity index (χ3v) is 3.52. The number of hydrogen-bond acceptors (Lipinski definition) is 2. The summed E-state index contributed by atoms with van der Waals surface area (Å²) in [4.78, 5) is 16.8. The van der Waals surface area contributed by atoms with E-state index in [2.05, 4.69) is 17.2 Å². The largest absolute Gasteiger partial charge is 0.352 e. The molecule has 0 radical (unpaired) electrons. The van der Waals surface area contributed by atoms with Gasteiger partial charge in [0, 0.05) is 23.5 Å². The van der Waals surface area contributed by atoms with Gasteiger partial charge in [0.15, 0.2) is 0 Å². The first-order valence-electron chi connectivity index (χ1n) is 6.82. The lowest BCUT2D eigenvalue weighted by atomic mass is 10.1. The molecule has 2 rings (SSSR count). The molecule has 3 nitrogen and oxygen atoms in total. The Hall–Kier alpha value is -1.61. The molecule has 0 saturated carbocycles. The highest BCUT2D eigenvalue weighted by atomic mass is 35.5. The minimum atomic E-state index is -0.0480. The van der Waals surface area contributed by atoms with Crippen LogP contribution in [0.2, 0.25) is 0 Å². The van der Waals surface area contributed by atoms with Gasteiger partial charge in [0.2, 0.25) is 0 Å². The number of carbonyl (C=O) groups is 1. The molecule has 0 saturated heterocycles. The number of pyridine rings is 1. The summed E-state index contributed by atoms with van der Waals surface area (Å²) >= 11 is 5.71. The quantitative estimate of drug-likeness (QED) is 0.856. The first-order chi connectivity index (χ1) is 9.61. The number of aromatic nitrogens is 1. The van der Waals surface area contributed by atoms with Gasteiger partial charge in [-0.2, -0.15) is 0 Å². The third-order valence-electron chi connectivity index (χ3n) is 3.30. The number of carbonyl (C=O) groups excluding carboxylic acids is 1. The predicted octanol–water partition coefficient (Wildman–Crippen LogP) is 3.54. The number of nitrogens with one attached hydrogen (secondary N) is 1. The number of aryl methyl sites for hydroxylation is 1. The zero-order chi connectivity index (χ0) is 14.5. The Morgan fingerprint density at radius 1 is 1.40 bits per heavy atom. The van der Waals surface area contributed by atoms with Gasteiger partial charge in [-0.1, -0.05) is 25.1 Å². The Labute approximate surface area is 124 Å². The highest BCUT2D eigenvalue weighted by Crippen LogP contribution is 2.18. The summed E-state index contributed by atoms with van der Waals surface area (Å²) in [5.74, 6) is 0.952. The van der Waals surface area contributed by atoms with Crippen LogP contribution in [0.3, 0.4) is 0 Å². The summed E-state index contributed by atoms with van der Waals surface area (Å²) in [5.41, 5.74) is 2.39. The molecular formula is C16H19ClN2O. The summed E-state index contributed by atoms with van der Waals surface area (Å²) in [7, 11) is 0. The molecule has 0 aliphatic carbocycles. The van der Waals surface area contributed by atoms with Crippen molar-refractivity contribution in [1.29, 1.82) is 0 Å². The zero-order valence-corrected chi connectivity index (χ0v) is 12.6. The van der Waals surface area contributed by atoms with E-state index in [4.69, 9.17) is 11.6 Å². The fourth-order valence-corrected chi connectivity index (χ4v) is 2.52. The van der Waals surface area contributed by atoms with Crippen LogP contribution in [-0.4, -0.2) is 23.3 Å². The average molecular weight is 291 g/mol. The minimum Gasteiger partial charge on any atom is -0.352 e. The highest BCUT2D eigenvalue weighted by molar-refractivity contribution is 6.17. The number of nitrogens with zero attached hydrogens (tertiary/aromatic N) is 1. The second-order valence-corrected chi connectivity index (χ2v) is 5.50. The van der Waals surface area contributed by atoms with Crippen molar-refractivity contribution >= 4 is 28.4 Å². The maximum atomic E-state index is 12.3. The van der Waals surface area contributed by atoms with Crippen molar-refractivity contribution in [2.45, 2.75) is 20.3 Å². The molecule has 1 heterocycles. The number of fused-ring (bicyclic) bond motifs is 1. The summed E-state index contributed by atoms with van der Waals surface area (Å²) in [6.45, 7) is 4.62. The number of para-hydroxylation sites is 1. The van der Waals surface area contributed by atoms with Crippen LogP contribution < -0.4 is 5.32 Å². The van der Waals surface area contributed by atoms with E-state index in [1.807, 2.05) is 37.3 Å². The van der Waals surface area contributed by atoms with E-state index in [9.17, 15) is 4.79 Å². The molecular weight excluding hydrogens is 272 g/mol. The predicted molar refractivity (Wildman–Crippen MR) is 83.3 cm³/mol. The van der Waals surface area contributed by atoms with Gasteiger partial charge < -0.3 is 5.32 Å². The standard InChI is InChI=1S/C16H19ClN2O/c1-11(7-8-17)10-18-16(20)14-9-12(2)19-15-6-4-3-5-13(14)15/h3-6,9,11H,7-8,10H2,1-2H3,(H,18,20). The summed E-state index contributed by atoms with van der Waals surface area (Å²) < 4.78 is 0. The van der Waals surface area contributed by atoms with Crippen LogP contribution in [-0.2, 0) is 0 Å². The lowest BCUT2D eigenvalue weighted by Crippen LogP contribution is -2.28. The second-order valence-electron chi connectivity index (χ2n) is 5.12. The van der Waals surface area contributed by atoms with Gasteiger partial charge in [-0.15, -0.1) is 11.6 Å². The molecule has 0 fully saturated rings. The van der Waals surface area contributed by atoms with Crippen molar-refractivity contribution in [2.75, 3.05) is 12.4 Å². The van der Waals surface area contributed by atoms with E-state index in [0.29, 0.717) is 23.9 Å². The molecule has 2 aromatic rings. The van der Waals surface area contributed by atoms with Crippen molar-refractivity contribution in [1.82, 2.24) is 10.3 Å². The molecule has 1 aromatic carbocycles. The van der Waals surface area contributed by atoms with E-state index in [0.717, 1.165) is 23.0 Å². The van der Waals surface area contributed by atoms with Crippen molar-refractivity contribution in [3.8, 4) is 0 Å². The molecule has 1 N–H and O–H groups in total. The smallest absolute Gasteiger partial charge is 0.252 e. The average Bonchev–Trinajstić information content (AvgIpc) is 2.44. The zero-order valence-electron chi connectivity index (χ0n) is 11.8. The van der Waals surface area contributed by atoms with Crippen molar-refractivity contribution in [2.24, 2.45) is 5.92 Å². The fourth-order valence-electron chi connectivity index (χ4n) is 2.15. The van der Waals surface area contributed by atoms with E-state index in [1.54, 1.807) is 0 Å². The van der Waals surface area contributed by atoms with Crippen LogP contribution in [0.4, 0.5) is 0 Å². The van der Waals surface area contributed by atoms with Gasteiger partial charge in [-0.05, 0) is 31.4 Å². The van der Waals surface area contributed by atoms with Gasteiger partial charge in [0.05, 0.1) is 11.1 Å². The Morgan fingerprint density at radius 2 is 2.15 bits per heavy atom. The van der Waals surface area contributed by atoms with Crippen molar-refractivity contribution in [3.63, 3.8) is 0 Å². The van der Waals surface area contributed by atoms with Crippen molar-refractivity contribution in [3.05, 3.63) is 41.6 Å². The maximum absolute atomic E-state index is 12.3. The molecule has 20 heavy (non-hydrogen) atoms. The first kappa shape index (κ1) is 14.8. The summed E-state index contributed by atoms with van der Waals surface area (Å²) in [6.07, 6.45) is 0.901. The van der Waals surface area contributed by atoms with Crippen LogP contribution >= 0.6 is 11.6 Å². The number of alkyl halides is 1. The monoisotopic (exact) mass is 290 g/mol. The molecule has 106 valence electrons. The Balaban J connectivity index is 2.21. The van der Waals surface area contributed by atoms with Crippen LogP contribution in [0.1, 0.15) is 29.4 Å². The van der Waals surface area contributed by atoms with Crippen LogP contribution in [0.5, 0.6) is 0 Å². The van der Waals surface area contributed by atoms with Crippen LogP contribution in [0.15, 0.2) is 30.3 Å². The van der Waals surface area contributed by atoms with Gasteiger partial charge in [0.25, 0.3) is 5.91 Å². The minimum absolute atomic E-state index is 0.0480. The van der Waals surface area contributed by atoms with Crippen LogP contribution in [0, 0.1) is 12.8 Å². The molecule has 1 aromatic heterocycles. The summed E-state index contributed by atoms with van der Waals surface area (Å²) in [6, 6.07) is 9.54. The molecule has 1 amide bonds. The molecule has 0 bridgehead atoms. The molecule has 0 aliphatic heterocycles. The maximum Gasteiger partial charge on any atom is 0.252 e. The van der Waals surface area contributed by atoms with E-state index < -0.39 is 0 Å². The number of halogens is 1. The molecule has 1 unspecified atom stereocenters. The normalized spacial score (nSPS) is 12.3. The molecule has 0 aliphatic rings. The molecule has 4 heteroatoms. The lowest BCUT2D eigenvalue weighted by Gasteiger charge is -2.12. The van der Waals surface area contributed by atoms with E-state index in [-0.39, 0.29) is 5.91 Å². The number of rotatable bonds is 5. The number of benzene rings is 1. The lowest BCUT2D eigenvalue weighted by molar-refractivity contribution is 0.0949. The second kappa shape index (κ2) is 6.71. The Kier molecular flexibility index (Phi) is 4.96. The number of amides is 1. The van der Waals surface area contributed by atoms with Crippen LogP contribution in [0.25, 0.3) is 10.9 Å². The van der Waals surface area contributed by atoms with E-state index in [1.165, 1.54) is 0 Å². The molecule has 0 spiro atoms. The molecule has 1 atom stereocenters. The fraction of sp³-hybridized carbons (Fsp3) is 0.375. The summed E-state index contributed by atoms with van der Waals surface area (Å²) in [5, 5.41) is 3.87. The Morgan fingerprint density at radius 3 is 2.90 bits per heavy atom.